The molecule has 18 heavy (non-hydrogen) atoms. The molecule has 0 aromatic heterocycles. The third-order valence-electron chi connectivity index (χ3n) is 3.65. The first-order chi connectivity index (χ1) is 8.42. The number of hydrogen-bond donors (Lipinski definition) is 1. The molecule has 1 N–H and O–H groups in total. The second-order valence-electron chi connectivity index (χ2n) is 5.12. The summed E-state index contributed by atoms with van der Waals surface area (Å²) in [6.07, 6.45) is 2.55. The summed E-state index contributed by atoms with van der Waals surface area (Å²) in [4.78, 5) is 14.2. The second-order valence-corrected chi connectivity index (χ2v) is 5.12. The number of aliphatic hydroxyl groups excluding tert-OH is 1. The van der Waals surface area contributed by atoms with Gasteiger partial charge in [0.2, 0.25) is 0 Å². The minimum atomic E-state index is -0.710. The lowest BCUT2D eigenvalue weighted by Crippen LogP contribution is -2.41. The van der Waals surface area contributed by atoms with Crippen molar-refractivity contribution in [3.05, 3.63) is 0 Å². The molecule has 0 unspecified atom stereocenters. The van der Waals surface area contributed by atoms with Gasteiger partial charge in [0, 0.05) is 32.7 Å². The van der Waals surface area contributed by atoms with Crippen molar-refractivity contribution in [1.29, 1.82) is 0 Å². The highest BCUT2D eigenvalue weighted by molar-refractivity contribution is 5.86. The second kappa shape index (κ2) is 8.62. The van der Waals surface area contributed by atoms with Crippen molar-refractivity contribution in [3.8, 4) is 0 Å². The van der Waals surface area contributed by atoms with Crippen LogP contribution in [0, 0.1) is 0 Å². The zero-order valence-corrected chi connectivity index (χ0v) is 12.5. The monoisotopic (exact) mass is 259 g/mol. The van der Waals surface area contributed by atoms with E-state index >= 15 is 0 Å². The largest absolute Gasteiger partial charge is 0.395 e. The van der Waals surface area contributed by atoms with E-state index in [9.17, 15) is 4.79 Å². The van der Waals surface area contributed by atoms with Gasteiger partial charge in [-0.05, 0) is 26.7 Å². The van der Waals surface area contributed by atoms with Gasteiger partial charge in [0.05, 0.1) is 6.61 Å². The highest BCUT2D eigenvalue weighted by Gasteiger charge is 2.27. The van der Waals surface area contributed by atoms with E-state index in [2.05, 4.69) is 18.7 Å². The molecule has 0 amide bonds. The Bertz CT molecular complexity index is 237. The zero-order chi connectivity index (χ0) is 14.2. The predicted molar refractivity (Wildman–Crippen MR) is 73.7 cm³/mol. The SMILES string of the molecule is CCC(CC)N(CCO)CCC(=O)C(C)(C)OC. The molecular formula is C14H29NO3. The van der Waals surface area contributed by atoms with Crippen molar-refractivity contribution in [2.45, 2.75) is 58.6 Å². The van der Waals surface area contributed by atoms with Crippen LogP contribution in [0.4, 0.5) is 0 Å². The molecule has 0 aliphatic carbocycles. The molecule has 4 nitrogen and oxygen atoms in total. The van der Waals surface area contributed by atoms with Crippen LogP contribution in [0.1, 0.15) is 47.0 Å². The van der Waals surface area contributed by atoms with E-state index in [1.54, 1.807) is 21.0 Å². The number of ether oxygens (including phenoxy) is 1. The lowest BCUT2D eigenvalue weighted by atomic mass is 10.00. The Morgan fingerprint density at radius 1 is 1.28 bits per heavy atom. The van der Waals surface area contributed by atoms with Crippen molar-refractivity contribution < 1.29 is 14.6 Å². The summed E-state index contributed by atoms with van der Waals surface area (Å²) < 4.78 is 5.19. The number of rotatable bonds is 10. The van der Waals surface area contributed by atoms with Crippen LogP contribution in [0.25, 0.3) is 0 Å². The summed E-state index contributed by atoms with van der Waals surface area (Å²) in [6, 6.07) is 0.440. The minimum absolute atomic E-state index is 0.110. The van der Waals surface area contributed by atoms with E-state index in [4.69, 9.17) is 9.84 Å². The molecule has 0 aliphatic rings. The van der Waals surface area contributed by atoms with Gasteiger partial charge in [-0.1, -0.05) is 13.8 Å². The molecular weight excluding hydrogens is 230 g/mol. The molecule has 0 heterocycles. The quantitative estimate of drug-likeness (QED) is 0.650. The van der Waals surface area contributed by atoms with Gasteiger partial charge in [0.1, 0.15) is 5.60 Å². The summed E-state index contributed by atoms with van der Waals surface area (Å²) in [6.45, 7) is 9.33. The number of nitrogens with zero attached hydrogens (tertiary/aromatic N) is 1. The smallest absolute Gasteiger partial charge is 0.165 e. The molecule has 0 atom stereocenters. The molecule has 0 aliphatic heterocycles. The molecule has 0 spiro atoms. The third kappa shape index (κ3) is 5.46. The van der Waals surface area contributed by atoms with Crippen molar-refractivity contribution >= 4 is 5.78 Å². The molecule has 108 valence electrons. The lowest BCUT2D eigenvalue weighted by Gasteiger charge is -2.30. The first kappa shape index (κ1) is 17.6. The van der Waals surface area contributed by atoms with Gasteiger partial charge >= 0.3 is 0 Å². The van der Waals surface area contributed by atoms with Crippen LogP contribution < -0.4 is 0 Å². The number of carbonyl (C=O) groups excluding carboxylic acids is 1. The van der Waals surface area contributed by atoms with Gasteiger partial charge < -0.3 is 9.84 Å². The number of Topliss-reactive ketones (excluding diaryl/α,β-unsaturated/α-hetero) is 1. The first-order valence-electron chi connectivity index (χ1n) is 6.86. The molecule has 0 radical (unpaired) electrons. The Morgan fingerprint density at radius 3 is 2.22 bits per heavy atom. The van der Waals surface area contributed by atoms with Crippen LogP contribution in [0.3, 0.4) is 0 Å². The van der Waals surface area contributed by atoms with Crippen molar-refractivity contribution in [3.63, 3.8) is 0 Å². The Kier molecular flexibility index (Phi) is 8.40. The number of ketones is 1. The van der Waals surface area contributed by atoms with Crippen LogP contribution in [-0.4, -0.2) is 54.2 Å². The minimum Gasteiger partial charge on any atom is -0.395 e. The number of hydrogen-bond acceptors (Lipinski definition) is 4. The van der Waals surface area contributed by atoms with Gasteiger partial charge in [-0.3, -0.25) is 9.69 Å². The molecule has 0 rings (SSSR count). The molecule has 0 aromatic rings. The topological polar surface area (TPSA) is 49.8 Å². The van der Waals surface area contributed by atoms with Crippen LogP contribution >= 0.6 is 0 Å². The van der Waals surface area contributed by atoms with Crippen molar-refractivity contribution in [1.82, 2.24) is 4.90 Å². The van der Waals surface area contributed by atoms with E-state index in [-0.39, 0.29) is 12.4 Å². The van der Waals surface area contributed by atoms with Crippen LogP contribution in [-0.2, 0) is 9.53 Å². The van der Waals surface area contributed by atoms with Crippen molar-refractivity contribution in [2.75, 3.05) is 26.8 Å². The molecule has 4 heteroatoms. The Labute approximate surface area is 111 Å². The average molecular weight is 259 g/mol. The van der Waals surface area contributed by atoms with Crippen molar-refractivity contribution in [2.24, 2.45) is 0 Å². The fourth-order valence-corrected chi connectivity index (χ4v) is 2.07. The predicted octanol–water partition coefficient (Wildman–Crippen LogP) is 1.85. The summed E-state index contributed by atoms with van der Waals surface area (Å²) in [5.41, 5.74) is -0.710. The third-order valence-corrected chi connectivity index (χ3v) is 3.65. The van der Waals surface area contributed by atoms with Gasteiger partial charge in [-0.15, -0.1) is 0 Å². The Hall–Kier alpha value is -0.450. The summed E-state index contributed by atoms with van der Waals surface area (Å²) in [5, 5.41) is 9.10. The molecule has 0 fully saturated rings. The van der Waals surface area contributed by atoms with E-state index in [1.165, 1.54) is 0 Å². The van der Waals surface area contributed by atoms with E-state index in [0.717, 1.165) is 12.8 Å². The zero-order valence-electron chi connectivity index (χ0n) is 12.5. The maximum Gasteiger partial charge on any atom is 0.165 e. The molecule has 0 saturated carbocycles. The van der Waals surface area contributed by atoms with E-state index in [1.807, 2.05) is 0 Å². The van der Waals surface area contributed by atoms with Gasteiger partial charge in [0.15, 0.2) is 5.78 Å². The van der Waals surface area contributed by atoms with Crippen LogP contribution in [0.2, 0.25) is 0 Å². The van der Waals surface area contributed by atoms with Crippen LogP contribution in [0.15, 0.2) is 0 Å². The van der Waals surface area contributed by atoms with Crippen LogP contribution in [0.5, 0.6) is 0 Å². The number of methoxy groups -OCH3 is 1. The first-order valence-corrected chi connectivity index (χ1v) is 6.86. The summed E-state index contributed by atoms with van der Waals surface area (Å²) >= 11 is 0. The van der Waals surface area contributed by atoms with E-state index < -0.39 is 5.60 Å². The maximum absolute atomic E-state index is 12.0. The molecule has 0 aromatic carbocycles. The number of carbonyl (C=O) groups is 1. The Balaban J connectivity index is 4.39. The van der Waals surface area contributed by atoms with Gasteiger partial charge in [-0.25, -0.2) is 0 Å². The normalized spacial score (nSPS) is 12.4. The fourth-order valence-electron chi connectivity index (χ4n) is 2.07. The Morgan fingerprint density at radius 2 is 1.83 bits per heavy atom. The van der Waals surface area contributed by atoms with E-state index in [0.29, 0.717) is 25.6 Å². The maximum atomic E-state index is 12.0. The lowest BCUT2D eigenvalue weighted by molar-refractivity contribution is -0.137. The summed E-state index contributed by atoms with van der Waals surface area (Å²) in [7, 11) is 1.56. The standard InChI is InChI=1S/C14H29NO3/c1-6-12(7-2)15(10-11-16)9-8-13(17)14(3,4)18-5/h12,16H,6-11H2,1-5H3. The fraction of sp³-hybridized carbons (Fsp3) is 0.929. The highest BCUT2D eigenvalue weighted by Crippen LogP contribution is 2.14. The highest BCUT2D eigenvalue weighted by atomic mass is 16.5. The average Bonchev–Trinajstić information content (AvgIpc) is 2.36. The molecule has 0 bridgehead atoms. The van der Waals surface area contributed by atoms with Gasteiger partial charge in [0.25, 0.3) is 0 Å². The molecule has 0 saturated heterocycles. The summed E-state index contributed by atoms with van der Waals surface area (Å²) in [5.74, 6) is 0.110. The van der Waals surface area contributed by atoms with Gasteiger partial charge in [-0.2, -0.15) is 0 Å². The number of aliphatic hydroxyl groups is 1.